The molecule has 1 aromatic carbocycles. The largest absolute Gasteiger partial charge is 0.301 e. The molecule has 4 rings (SSSR count). The van der Waals surface area contributed by atoms with E-state index in [2.05, 4.69) is 25.6 Å². The monoisotopic (exact) mass is 414 g/mol. The number of carbonyl (C=O) groups excluding carboxylic acids is 1. The zero-order chi connectivity index (χ0) is 19.5. The SMILES string of the molecule is CCC(Sc1ccc2nnc(-c3ccc(F)cc3)n2n1)C(=O)Nc1nccs1. The highest BCUT2D eigenvalue weighted by molar-refractivity contribution is 8.00. The van der Waals surface area contributed by atoms with Gasteiger partial charge in [0, 0.05) is 17.1 Å². The van der Waals surface area contributed by atoms with Crippen LogP contribution in [0.3, 0.4) is 0 Å². The Kier molecular flexibility index (Phi) is 5.31. The summed E-state index contributed by atoms with van der Waals surface area (Å²) in [7, 11) is 0. The van der Waals surface area contributed by atoms with E-state index >= 15 is 0 Å². The first-order chi connectivity index (χ1) is 13.6. The van der Waals surface area contributed by atoms with Gasteiger partial charge in [0.15, 0.2) is 16.6 Å². The molecule has 1 N–H and O–H groups in total. The van der Waals surface area contributed by atoms with E-state index in [0.29, 0.717) is 33.6 Å². The number of anilines is 1. The lowest BCUT2D eigenvalue weighted by Gasteiger charge is -2.13. The summed E-state index contributed by atoms with van der Waals surface area (Å²) in [5.74, 6) is 0.0726. The second-order valence-corrected chi connectivity index (χ2v) is 7.93. The van der Waals surface area contributed by atoms with Gasteiger partial charge in [0.05, 0.1) is 5.25 Å². The van der Waals surface area contributed by atoms with E-state index in [1.165, 1.54) is 35.2 Å². The van der Waals surface area contributed by atoms with Crippen molar-refractivity contribution in [3.63, 3.8) is 0 Å². The van der Waals surface area contributed by atoms with Crippen LogP contribution >= 0.6 is 23.1 Å². The normalized spacial score (nSPS) is 12.2. The number of hydrogen-bond donors (Lipinski definition) is 1. The van der Waals surface area contributed by atoms with Gasteiger partial charge < -0.3 is 5.32 Å². The first-order valence-electron chi connectivity index (χ1n) is 8.49. The summed E-state index contributed by atoms with van der Waals surface area (Å²) < 4.78 is 14.8. The first-order valence-corrected chi connectivity index (χ1v) is 10.3. The molecule has 7 nitrogen and oxygen atoms in total. The third-order valence-electron chi connectivity index (χ3n) is 3.93. The Bertz CT molecular complexity index is 1100. The molecule has 4 aromatic rings. The second-order valence-electron chi connectivity index (χ2n) is 5.81. The van der Waals surface area contributed by atoms with Crippen molar-refractivity contribution in [3.05, 3.63) is 53.8 Å². The Morgan fingerprint density at radius 1 is 1.25 bits per heavy atom. The van der Waals surface area contributed by atoms with Crippen molar-refractivity contribution in [2.75, 3.05) is 5.32 Å². The lowest BCUT2D eigenvalue weighted by Crippen LogP contribution is -2.24. The van der Waals surface area contributed by atoms with E-state index in [1.807, 2.05) is 18.4 Å². The van der Waals surface area contributed by atoms with E-state index in [-0.39, 0.29) is 17.0 Å². The van der Waals surface area contributed by atoms with Crippen LogP contribution in [-0.2, 0) is 4.79 Å². The van der Waals surface area contributed by atoms with E-state index in [1.54, 1.807) is 28.9 Å². The number of benzene rings is 1. The minimum Gasteiger partial charge on any atom is -0.301 e. The third-order valence-corrected chi connectivity index (χ3v) is 5.91. The van der Waals surface area contributed by atoms with Gasteiger partial charge in [0.1, 0.15) is 10.8 Å². The van der Waals surface area contributed by atoms with Gasteiger partial charge in [0.25, 0.3) is 0 Å². The first kappa shape index (κ1) is 18.5. The molecule has 1 amide bonds. The Morgan fingerprint density at radius 3 is 2.79 bits per heavy atom. The molecule has 0 spiro atoms. The number of fused-ring (bicyclic) bond motifs is 1. The molecule has 0 aliphatic heterocycles. The lowest BCUT2D eigenvalue weighted by atomic mass is 10.2. The molecule has 0 saturated heterocycles. The fourth-order valence-electron chi connectivity index (χ4n) is 2.55. The summed E-state index contributed by atoms with van der Waals surface area (Å²) in [5, 5.41) is 18.4. The number of thioether (sulfide) groups is 1. The molecule has 0 radical (unpaired) electrons. The molecular weight excluding hydrogens is 399 g/mol. The molecule has 0 aliphatic carbocycles. The number of thiazole rings is 1. The minimum absolute atomic E-state index is 0.119. The van der Waals surface area contributed by atoms with Crippen molar-refractivity contribution in [3.8, 4) is 11.4 Å². The highest BCUT2D eigenvalue weighted by Crippen LogP contribution is 2.26. The molecule has 28 heavy (non-hydrogen) atoms. The standard InChI is InChI=1S/C18H15FN6OS2/c1-2-13(17(26)21-18-20-9-10-27-18)28-15-8-7-14-22-23-16(25(14)24-15)11-3-5-12(19)6-4-11/h3-10,13H,2H2,1H3,(H,20,21,26). The quantitative estimate of drug-likeness (QED) is 0.482. The number of carbonyl (C=O) groups is 1. The van der Waals surface area contributed by atoms with Gasteiger partial charge in [-0.3, -0.25) is 4.79 Å². The van der Waals surface area contributed by atoms with Gasteiger partial charge in [-0.25, -0.2) is 9.37 Å². The van der Waals surface area contributed by atoms with Gasteiger partial charge in [-0.15, -0.1) is 21.5 Å². The Hall–Kier alpha value is -2.85. The molecule has 1 unspecified atom stereocenters. The lowest BCUT2D eigenvalue weighted by molar-refractivity contribution is -0.115. The molecule has 0 aliphatic rings. The maximum Gasteiger partial charge on any atom is 0.239 e. The summed E-state index contributed by atoms with van der Waals surface area (Å²) in [5.41, 5.74) is 1.28. The predicted molar refractivity (Wildman–Crippen MR) is 107 cm³/mol. The second kappa shape index (κ2) is 8.03. The van der Waals surface area contributed by atoms with Gasteiger partial charge in [-0.1, -0.05) is 18.7 Å². The fraction of sp³-hybridized carbons (Fsp3) is 0.167. The summed E-state index contributed by atoms with van der Waals surface area (Å²) in [4.78, 5) is 16.6. The van der Waals surface area contributed by atoms with Crippen LogP contribution in [0.5, 0.6) is 0 Å². The number of nitrogens with one attached hydrogen (secondary N) is 1. The molecule has 0 bridgehead atoms. The Labute approximate surface area is 168 Å². The van der Waals surface area contributed by atoms with Crippen molar-refractivity contribution >= 4 is 39.8 Å². The number of amides is 1. The molecule has 0 fully saturated rings. The predicted octanol–water partition coefficient (Wildman–Crippen LogP) is 3.90. The van der Waals surface area contributed by atoms with Crippen LogP contribution in [0.2, 0.25) is 0 Å². The van der Waals surface area contributed by atoms with Crippen molar-refractivity contribution in [2.45, 2.75) is 23.6 Å². The topological polar surface area (TPSA) is 85.1 Å². The molecule has 142 valence electrons. The zero-order valence-electron chi connectivity index (χ0n) is 14.7. The van der Waals surface area contributed by atoms with Gasteiger partial charge in [-0.2, -0.15) is 9.61 Å². The van der Waals surface area contributed by atoms with Crippen molar-refractivity contribution in [1.82, 2.24) is 24.8 Å². The van der Waals surface area contributed by atoms with Crippen molar-refractivity contribution in [2.24, 2.45) is 0 Å². The van der Waals surface area contributed by atoms with Crippen LogP contribution in [0.15, 0.2) is 53.0 Å². The van der Waals surface area contributed by atoms with Crippen molar-refractivity contribution < 1.29 is 9.18 Å². The number of rotatable bonds is 6. The van der Waals surface area contributed by atoms with Gasteiger partial charge in [0.2, 0.25) is 5.91 Å². The Balaban J connectivity index is 1.59. The molecule has 3 heterocycles. The van der Waals surface area contributed by atoms with Crippen LogP contribution in [0.25, 0.3) is 17.0 Å². The highest BCUT2D eigenvalue weighted by atomic mass is 32.2. The van der Waals surface area contributed by atoms with E-state index in [4.69, 9.17) is 0 Å². The molecule has 3 aromatic heterocycles. The smallest absolute Gasteiger partial charge is 0.239 e. The minimum atomic E-state index is -0.321. The number of hydrogen-bond acceptors (Lipinski definition) is 7. The maximum absolute atomic E-state index is 13.2. The summed E-state index contributed by atoms with van der Waals surface area (Å²) in [6.45, 7) is 1.94. The van der Waals surface area contributed by atoms with Crippen LogP contribution in [0.4, 0.5) is 9.52 Å². The molecule has 1 atom stereocenters. The average molecular weight is 414 g/mol. The summed E-state index contributed by atoms with van der Waals surface area (Å²) in [6, 6.07) is 9.59. The van der Waals surface area contributed by atoms with E-state index in [0.717, 1.165) is 0 Å². The summed E-state index contributed by atoms with van der Waals surface area (Å²) >= 11 is 2.73. The van der Waals surface area contributed by atoms with E-state index < -0.39 is 0 Å². The fourth-order valence-corrected chi connectivity index (χ4v) is 3.98. The average Bonchev–Trinajstić information content (AvgIpc) is 3.36. The Morgan fingerprint density at radius 2 is 2.07 bits per heavy atom. The molecule has 10 heteroatoms. The number of nitrogens with zero attached hydrogens (tertiary/aromatic N) is 5. The molecule has 0 saturated carbocycles. The number of halogens is 1. The van der Waals surface area contributed by atoms with Gasteiger partial charge >= 0.3 is 0 Å². The van der Waals surface area contributed by atoms with Crippen LogP contribution in [0, 0.1) is 5.82 Å². The third kappa shape index (κ3) is 3.87. The zero-order valence-corrected chi connectivity index (χ0v) is 16.4. The summed E-state index contributed by atoms with van der Waals surface area (Å²) in [6.07, 6.45) is 2.28. The van der Waals surface area contributed by atoms with Crippen LogP contribution < -0.4 is 5.32 Å². The van der Waals surface area contributed by atoms with Gasteiger partial charge in [-0.05, 0) is 42.8 Å². The molecular formula is C18H15FN6OS2. The van der Waals surface area contributed by atoms with Crippen molar-refractivity contribution in [1.29, 1.82) is 0 Å². The highest BCUT2D eigenvalue weighted by Gasteiger charge is 2.20. The van der Waals surface area contributed by atoms with Crippen LogP contribution in [-0.4, -0.2) is 36.0 Å². The van der Waals surface area contributed by atoms with E-state index in [9.17, 15) is 9.18 Å². The maximum atomic E-state index is 13.2. The number of aromatic nitrogens is 5. The van der Waals surface area contributed by atoms with Crippen LogP contribution in [0.1, 0.15) is 13.3 Å².